The Hall–Kier alpha value is -1.93. The second-order valence-electron chi connectivity index (χ2n) is 4.94. The number of amides is 1. The lowest BCUT2D eigenvalue weighted by Crippen LogP contribution is -2.14. The fraction of sp³-hybridized carbons (Fsp3) is 0.267. The molecule has 0 unspecified atom stereocenters. The second kappa shape index (κ2) is 7.10. The van der Waals surface area contributed by atoms with E-state index < -0.39 is 5.97 Å². The first-order valence-corrected chi connectivity index (χ1v) is 9.11. The number of thioether (sulfide) groups is 2. The number of aromatic nitrogens is 2. The predicted octanol–water partition coefficient (Wildman–Crippen LogP) is 2.70. The highest BCUT2D eigenvalue weighted by Gasteiger charge is 2.18. The molecule has 8 heteroatoms. The number of benzene rings is 1. The minimum Gasteiger partial charge on any atom is -0.480 e. The van der Waals surface area contributed by atoms with Crippen LogP contribution in [0.15, 0.2) is 36.5 Å². The summed E-state index contributed by atoms with van der Waals surface area (Å²) < 4.78 is 1.72. The number of nitrogens with zero attached hydrogens (tertiary/aromatic N) is 2. The molecule has 0 atom stereocenters. The van der Waals surface area contributed by atoms with E-state index in [1.165, 1.54) is 16.4 Å². The molecule has 0 bridgehead atoms. The van der Waals surface area contributed by atoms with Gasteiger partial charge in [-0.1, -0.05) is 12.1 Å². The zero-order valence-corrected chi connectivity index (χ0v) is 13.8. The largest absolute Gasteiger partial charge is 0.480 e. The van der Waals surface area contributed by atoms with Gasteiger partial charge in [0.15, 0.2) is 5.82 Å². The molecule has 2 N–H and O–H groups in total. The molecule has 2 aromatic rings. The third-order valence-electron chi connectivity index (χ3n) is 3.25. The first-order valence-electron chi connectivity index (χ1n) is 7.01. The second-order valence-corrected chi connectivity index (χ2v) is 7.67. The lowest BCUT2D eigenvalue weighted by Gasteiger charge is -2.09. The van der Waals surface area contributed by atoms with Gasteiger partial charge in [-0.2, -0.15) is 5.10 Å². The monoisotopic (exact) mass is 349 g/mol. The van der Waals surface area contributed by atoms with Gasteiger partial charge >= 0.3 is 5.97 Å². The van der Waals surface area contributed by atoms with Crippen LogP contribution in [-0.2, 0) is 11.3 Å². The molecule has 1 amide bonds. The molecule has 2 heterocycles. The molecule has 1 aromatic carbocycles. The molecule has 1 fully saturated rings. The topological polar surface area (TPSA) is 84.2 Å². The number of hydrogen-bond donors (Lipinski definition) is 2. The van der Waals surface area contributed by atoms with Crippen LogP contribution in [0.5, 0.6) is 0 Å². The van der Waals surface area contributed by atoms with Gasteiger partial charge in [-0.05, 0) is 17.7 Å². The Balaban J connectivity index is 1.63. The molecular weight excluding hydrogens is 334 g/mol. The molecule has 1 aliphatic heterocycles. The maximum atomic E-state index is 12.2. The minimum absolute atomic E-state index is 0.235. The van der Waals surface area contributed by atoms with Crippen LogP contribution in [0, 0.1) is 0 Å². The number of anilines is 1. The summed E-state index contributed by atoms with van der Waals surface area (Å²) in [7, 11) is 0. The van der Waals surface area contributed by atoms with Crippen LogP contribution in [0.2, 0.25) is 0 Å². The van der Waals surface area contributed by atoms with Gasteiger partial charge in [-0.3, -0.25) is 14.3 Å². The van der Waals surface area contributed by atoms with E-state index in [9.17, 15) is 9.59 Å². The van der Waals surface area contributed by atoms with Crippen molar-refractivity contribution in [3.05, 3.63) is 47.7 Å². The standard InChI is InChI=1S/C15H15N3O3S2/c19-13(20)9-18-6-5-12(17-18)16-14(21)10-1-3-11(4-2-10)15-22-7-8-23-15/h1-6,15H,7-9H2,(H,19,20)(H,16,17,21). The number of carbonyl (C=O) groups is 2. The van der Waals surface area contributed by atoms with Gasteiger partial charge in [-0.15, -0.1) is 23.5 Å². The van der Waals surface area contributed by atoms with Gasteiger partial charge in [0, 0.05) is 29.3 Å². The van der Waals surface area contributed by atoms with E-state index in [1.54, 1.807) is 18.2 Å². The van der Waals surface area contributed by atoms with Gasteiger partial charge in [-0.25, -0.2) is 0 Å². The van der Waals surface area contributed by atoms with Gasteiger partial charge in [0.1, 0.15) is 6.54 Å². The number of nitrogens with one attached hydrogen (secondary N) is 1. The molecule has 0 aliphatic carbocycles. The average molecular weight is 349 g/mol. The van der Waals surface area contributed by atoms with Crippen molar-refractivity contribution >= 4 is 41.2 Å². The number of carboxylic acids is 1. The zero-order valence-electron chi connectivity index (χ0n) is 12.1. The zero-order chi connectivity index (χ0) is 16.2. The summed E-state index contributed by atoms with van der Waals surface area (Å²) in [4.78, 5) is 22.8. The van der Waals surface area contributed by atoms with E-state index in [0.717, 1.165) is 11.5 Å². The molecule has 120 valence electrons. The summed E-state index contributed by atoms with van der Waals surface area (Å²) in [5, 5.41) is 15.4. The van der Waals surface area contributed by atoms with Crippen molar-refractivity contribution in [2.75, 3.05) is 16.8 Å². The van der Waals surface area contributed by atoms with E-state index in [2.05, 4.69) is 10.4 Å². The molecule has 0 saturated carbocycles. The van der Waals surface area contributed by atoms with Crippen molar-refractivity contribution in [3.8, 4) is 0 Å². The van der Waals surface area contributed by atoms with Crippen LogP contribution < -0.4 is 5.32 Å². The third-order valence-corrected chi connectivity index (χ3v) is 6.35. The first kappa shape index (κ1) is 15.9. The average Bonchev–Trinajstić information content (AvgIpc) is 3.19. The summed E-state index contributed by atoms with van der Waals surface area (Å²) in [5.74, 6) is 1.42. The van der Waals surface area contributed by atoms with Gasteiger partial charge in [0.25, 0.3) is 5.91 Å². The maximum Gasteiger partial charge on any atom is 0.325 e. The van der Waals surface area contributed by atoms with Crippen molar-refractivity contribution < 1.29 is 14.7 Å². The summed E-state index contributed by atoms with van der Waals surface area (Å²) in [6.07, 6.45) is 1.52. The fourth-order valence-electron chi connectivity index (χ4n) is 2.19. The number of rotatable bonds is 5. The molecule has 0 radical (unpaired) electrons. The fourth-order valence-corrected chi connectivity index (χ4v) is 5.05. The highest BCUT2D eigenvalue weighted by atomic mass is 32.2. The van der Waals surface area contributed by atoms with Crippen molar-refractivity contribution in [3.63, 3.8) is 0 Å². The Morgan fingerprint density at radius 2 is 1.91 bits per heavy atom. The quantitative estimate of drug-likeness (QED) is 0.863. The highest BCUT2D eigenvalue weighted by molar-refractivity contribution is 8.19. The Morgan fingerprint density at radius 3 is 2.57 bits per heavy atom. The van der Waals surface area contributed by atoms with Crippen molar-refractivity contribution in [2.45, 2.75) is 11.1 Å². The Bertz CT molecular complexity index is 709. The van der Waals surface area contributed by atoms with Crippen molar-refractivity contribution in [2.24, 2.45) is 0 Å². The normalized spacial score (nSPS) is 14.8. The Morgan fingerprint density at radius 1 is 1.22 bits per heavy atom. The van der Waals surface area contributed by atoms with E-state index in [0.29, 0.717) is 16.0 Å². The van der Waals surface area contributed by atoms with Gasteiger partial charge in [0.2, 0.25) is 0 Å². The lowest BCUT2D eigenvalue weighted by atomic mass is 10.1. The van der Waals surface area contributed by atoms with E-state index in [1.807, 2.05) is 35.7 Å². The summed E-state index contributed by atoms with van der Waals surface area (Å²) >= 11 is 3.84. The Kier molecular flexibility index (Phi) is 4.92. The van der Waals surface area contributed by atoms with Gasteiger partial charge < -0.3 is 10.4 Å². The predicted molar refractivity (Wildman–Crippen MR) is 91.9 cm³/mol. The smallest absolute Gasteiger partial charge is 0.325 e. The summed E-state index contributed by atoms with van der Waals surface area (Å²) in [6.45, 7) is -0.235. The molecule has 23 heavy (non-hydrogen) atoms. The third kappa shape index (κ3) is 4.08. The summed E-state index contributed by atoms with van der Waals surface area (Å²) in [5.41, 5.74) is 1.77. The molecule has 1 saturated heterocycles. The van der Waals surface area contributed by atoms with Crippen LogP contribution >= 0.6 is 23.5 Å². The molecule has 0 spiro atoms. The number of carbonyl (C=O) groups excluding carboxylic acids is 1. The van der Waals surface area contributed by atoms with Crippen LogP contribution in [-0.4, -0.2) is 38.3 Å². The van der Waals surface area contributed by atoms with E-state index in [-0.39, 0.29) is 12.5 Å². The maximum absolute atomic E-state index is 12.2. The van der Waals surface area contributed by atoms with Crippen LogP contribution in [0.3, 0.4) is 0 Å². The van der Waals surface area contributed by atoms with Crippen molar-refractivity contribution in [1.29, 1.82) is 0 Å². The van der Waals surface area contributed by atoms with Crippen LogP contribution in [0.4, 0.5) is 5.82 Å². The molecule has 1 aliphatic rings. The highest BCUT2D eigenvalue weighted by Crippen LogP contribution is 2.45. The number of aliphatic carboxylic acids is 1. The Labute approximate surface area is 141 Å². The van der Waals surface area contributed by atoms with E-state index in [4.69, 9.17) is 5.11 Å². The lowest BCUT2D eigenvalue weighted by molar-refractivity contribution is -0.137. The molecule has 3 rings (SSSR count). The summed E-state index contributed by atoms with van der Waals surface area (Å²) in [6, 6.07) is 9.14. The first-order chi connectivity index (χ1) is 11.1. The van der Waals surface area contributed by atoms with Crippen LogP contribution in [0.1, 0.15) is 20.5 Å². The molecule has 6 nitrogen and oxygen atoms in total. The molecular formula is C15H15N3O3S2. The van der Waals surface area contributed by atoms with Gasteiger partial charge in [0.05, 0.1) is 4.58 Å². The van der Waals surface area contributed by atoms with E-state index >= 15 is 0 Å². The SMILES string of the molecule is O=C(O)Cn1ccc(NC(=O)c2ccc(C3SCCS3)cc2)n1. The van der Waals surface area contributed by atoms with Crippen molar-refractivity contribution in [1.82, 2.24) is 9.78 Å². The minimum atomic E-state index is -0.982. The van der Waals surface area contributed by atoms with Crippen LogP contribution in [0.25, 0.3) is 0 Å². The number of hydrogen-bond acceptors (Lipinski definition) is 5. The number of carboxylic acid groups (broad SMARTS) is 1. The molecule has 1 aromatic heterocycles.